The predicted octanol–water partition coefficient (Wildman–Crippen LogP) is 2.65. The molecular weight excluding hydrogens is 352 g/mol. The maximum absolute atomic E-state index is 12.7. The Morgan fingerprint density at radius 1 is 0.893 bits per heavy atom. The maximum atomic E-state index is 12.7. The van der Waals surface area contributed by atoms with E-state index in [9.17, 15) is 4.79 Å². The number of hydrogen-bond donors (Lipinski definition) is 1. The van der Waals surface area contributed by atoms with Gasteiger partial charge in [-0.15, -0.1) is 0 Å². The van der Waals surface area contributed by atoms with Crippen LogP contribution in [0.15, 0.2) is 36.7 Å². The van der Waals surface area contributed by atoms with Gasteiger partial charge in [-0.1, -0.05) is 31.7 Å². The van der Waals surface area contributed by atoms with E-state index in [1.165, 1.54) is 25.7 Å². The van der Waals surface area contributed by atoms with Crippen LogP contribution in [-0.2, 0) is 0 Å². The molecule has 1 saturated carbocycles. The van der Waals surface area contributed by atoms with E-state index in [4.69, 9.17) is 0 Å². The second-order valence-electron chi connectivity index (χ2n) is 7.57. The number of nitrogens with zero attached hydrogens (tertiary/aromatic N) is 5. The number of aromatic nitrogens is 3. The lowest BCUT2D eigenvalue weighted by atomic mass is 10.1. The highest BCUT2D eigenvalue weighted by Gasteiger charge is 2.22. The Kier molecular flexibility index (Phi) is 5.99. The number of nitrogens with one attached hydrogen (secondary N) is 1. The van der Waals surface area contributed by atoms with Crippen LogP contribution >= 0.6 is 0 Å². The van der Waals surface area contributed by atoms with Crippen LogP contribution in [0, 0.1) is 0 Å². The quantitative estimate of drug-likeness (QED) is 0.822. The fraction of sp³-hybridized carbons (Fsp3) is 0.524. The van der Waals surface area contributed by atoms with Crippen LogP contribution < -0.4 is 15.1 Å². The van der Waals surface area contributed by atoms with Gasteiger partial charge >= 0.3 is 0 Å². The van der Waals surface area contributed by atoms with Crippen molar-refractivity contribution in [2.24, 2.45) is 0 Å². The lowest BCUT2D eigenvalue weighted by Crippen LogP contribution is -2.47. The van der Waals surface area contributed by atoms with Gasteiger partial charge in [-0.3, -0.25) is 4.79 Å². The molecule has 7 nitrogen and oxygen atoms in total. The molecule has 1 amide bonds. The SMILES string of the molecule is O=C(NC1CCCCCC1)c1ccnc(N2CCN(c3ccccn3)CC2)n1. The summed E-state index contributed by atoms with van der Waals surface area (Å²) in [5, 5.41) is 3.17. The molecular formula is C21H28N6O. The fourth-order valence-electron chi connectivity index (χ4n) is 3.99. The van der Waals surface area contributed by atoms with E-state index < -0.39 is 0 Å². The van der Waals surface area contributed by atoms with Gasteiger partial charge in [0.25, 0.3) is 5.91 Å². The smallest absolute Gasteiger partial charge is 0.270 e. The van der Waals surface area contributed by atoms with Crippen molar-refractivity contribution in [1.82, 2.24) is 20.3 Å². The molecule has 0 bridgehead atoms. The lowest BCUT2D eigenvalue weighted by molar-refractivity contribution is 0.0928. The molecule has 1 aliphatic carbocycles. The zero-order chi connectivity index (χ0) is 19.2. The van der Waals surface area contributed by atoms with Crippen molar-refractivity contribution in [2.75, 3.05) is 36.0 Å². The van der Waals surface area contributed by atoms with Gasteiger partial charge < -0.3 is 15.1 Å². The van der Waals surface area contributed by atoms with E-state index in [0.717, 1.165) is 44.8 Å². The van der Waals surface area contributed by atoms with Crippen LogP contribution in [0.2, 0.25) is 0 Å². The normalized spacial score (nSPS) is 18.6. The Balaban J connectivity index is 1.36. The average molecular weight is 380 g/mol. The minimum Gasteiger partial charge on any atom is -0.353 e. The maximum Gasteiger partial charge on any atom is 0.270 e. The van der Waals surface area contributed by atoms with Gasteiger partial charge in [-0.25, -0.2) is 15.0 Å². The Bertz CT molecular complexity index is 767. The summed E-state index contributed by atoms with van der Waals surface area (Å²) in [7, 11) is 0. The number of rotatable bonds is 4. The molecule has 148 valence electrons. The van der Waals surface area contributed by atoms with Gasteiger partial charge in [0.05, 0.1) is 0 Å². The largest absolute Gasteiger partial charge is 0.353 e. The topological polar surface area (TPSA) is 74.2 Å². The third-order valence-corrected chi connectivity index (χ3v) is 5.60. The Labute approximate surface area is 166 Å². The molecule has 0 radical (unpaired) electrons. The molecule has 3 heterocycles. The summed E-state index contributed by atoms with van der Waals surface area (Å²) < 4.78 is 0. The predicted molar refractivity (Wildman–Crippen MR) is 110 cm³/mol. The van der Waals surface area contributed by atoms with Crippen LogP contribution in [0.25, 0.3) is 0 Å². The van der Waals surface area contributed by atoms with Crippen molar-refractivity contribution in [3.05, 3.63) is 42.4 Å². The van der Waals surface area contributed by atoms with Crippen LogP contribution in [0.1, 0.15) is 49.0 Å². The summed E-state index contributed by atoms with van der Waals surface area (Å²) in [4.78, 5) is 30.4. The van der Waals surface area contributed by atoms with Gasteiger partial charge in [0.15, 0.2) is 0 Å². The molecule has 7 heteroatoms. The second kappa shape index (κ2) is 8.99. The first-order valence-corrected chi connectivity index (χ1v) is 10.3. The average Bonchev–Trinajstić information content (AvgIpc) is 3.03. The minimum atomic E-state index is -0.0809. The third-order valence-electron chi connectivity index (χ3n) is 5.60. The highest BCUT2D eigenvalue weighted by molar-refractivity contribution is 5.92. The molecule has 4 rings (SSSR count). The summed E-state index contributed by atoms with van der Waals surface area (Å²) in [5.74, 6) is 1.55. The van der Waals surface area contributed by atoms with Crippen molar-refractivity contribution < 1.29 is 4.79 Å². The summed E-state index contributed by atoms with van der Waals surface area (Å²) >= 11 is 0. The Morgan fingerprint density at radius 3 is 2.36 bits per heavy atom. The molecule has 2 fully saturated rings. The third kappa shape index (κ3) is 4.58. The van der Waals surface area contributed by atoms with Gasteiger partial charge in [0.2, 0.25) is 5.95 Å². The highest BCUT2D eigenvalue weighted by atomic mass is 16.1. The van der Waals surface area contributed by atoms with E-state index in [0.29, 0.717) is 11.6 Å². The van der Waals surface area contributed by atoms with Crippen molar-refractivity contribution in [1.29, 1.82) is 0 Å². The van der Waals surface area contributed by atoms with Crippen molar-refractivity contribution >= 4 is 17.7 Å². The molecule has 2 aromatic heterocycles. The first-order valence-electron chi connectivity index (χ1n) is 10.3. The summed E-state index contributed by atoms with van der Waals surface area (Å²) in [6.07, 6.45) is 10.6. The number of amides is 1. The fourth-order valence-corrected chi connectivity index (χ4v) is 3.99. The van der Waals surface area contributed by atoms with Gasteiger partial charge in [-0.2, -0.15) is 0 Å². The number of pyridine rings is 1. The minimum absolute atomic E-state index is 0.0809. The zero-order valence-electron chi connectivity index (χ0n) is 16.3. The first kappa shape index (κ1) is 18.7. The first-order chi connectivity index (χ1) is 13.8. The van der Waals surface area contributed by atoms with E-state index >= 15 is 0 Å². The molecule has 28 heavy (non-hydrogen) atoms. The molecule has 0 atom stereocenters. The molecule has 0 unspecified atom stereocenters. The standard InChI is InChI=1S/C21H28N6O/c28-20(24-17-7-3-1-2-4-8-17)18-10-12-23-21(25-18)27-15-13-26(14-16-27)19-9-5-6-11-22-19/h5-6,9-12,17H,1-4,7-8,13-16H2,(H,24,28). The van der Waals surface area contributed by atoms with Crippen molar-refractivity contribution in [3.8, 4) is 0 Å². The van der Waals surface area contributed by atoms with Gasteiger partial charge in [-0.05, 0) is 31.0 Å². The molecule has 1 N–H and O–H groups in total. The molecule has 0 spiro atoms. The van der Waals surface area contributed by atoms with E-state index in [2.05, 4.69) is 30.1 Å². The van der Waals surface area contributed by atoms with Crippen LogP contribution in [0.4, 0.5) is 11.8 Å². The molecule has 1 aliphatic heterocycles. The van der Waals surface area contributed by atoms with Gasteiger partial charge in [0, 0.05) is 44.6 Å². The van der Waals surface area contributed by atoms with Crippen molar-refractivity contribution in [3.63, 3.8) is 0 Å². The summed E-state index contributed by atoms with van der Waals surface area (Å²) in [5.41, 5.74) is 0.460. The molecule has 2 aliphatic rings. The number of carbonyl (C=O) groups is 1. The van der Waals surface area contributed by atoms with E-state index in [1.54, 1.807) is 12.3 Å². The Hall–Kier alpha value is -2.70. The second-order valence-corrected chi connectivity index (χ2v) is 7.57. The summed E-state index contributed by atoms with van der Waals surface area (Å²) in [6, 6.07) is 7.95. The van der Waals surface area contributed by atoms with Crippen LogP contribution in [0.3, 0.4) is 0 Å². The zero-order valence-corrected chi connectivity index (χ0v) is 16.3. The van der Waals surface area contributed by atoms with E-state index in [1.807, 2.05) is 24.4 Å². The van der Waals surface area contributed by atoms with Crippen molar-refractivity contribution in [2.45, 2.75) is 44.6 Å². The Morgan fingerprint density at radius 2 is 1.64 bits per heavy atom. The molecule has 0 aromatic carbocycles. The number of piperazine rings is 1. The highest BCUT2D eigenvalue weighted by Crippen LogP contribution is 2.18. The summed E-state index contributed by atoms with van der Waals surface area (Å²) in [6.45, 7) is 3.34. The monoisotopic (exact) mass is 380 g/mol. The number of anilines is 2. The number of carbonyl (C=O) groups excluding carboxylic acids is 1. The number of hydrogen-bond acceptors (Lipinski definition) is 6. The van der Waals surface area contributed by atoms with Gasteiger partial charge in [0.1, 0.15) is 11.5 Å². The lowest BCUT2D eigenvalue weighted by Gasteiger charge is -2.35. The van der Waals surface area contributed by atoms with Crippen LogP contribution in [-0.4, -0.2) is 53.1 Å². The van der Waals surface area contributed by atoms with E-state index in [-0.39, 0.29) is 11.9 Å². The van der Waals surface area contributed by atoms with Crippen LogP contribution in [0.5, 0.6) is 0 Å². The molecule has 2 aromatic rings. The molecule has 1 saturated heterocycles.